The van der Waals surface area contributed by atoms with Gasteiger partial charge in [0, 0.05) is 23.9 Å². The van der Waals surface area contributed by atoms with Gasteiger partial charge in [-0.15, -0.1) is 11.3 Å². The average Bonchev–Trinajstić information content (AvgIpc) is 2.71. The normalized spacial score (nSPS) is 12.6. The topological polar surface area (TPSA) is 55.0 Å². The van der Waals surface area contributed by atoms with E-state index in [2.05, 4.69) is 42.6 Å². The third-order valence-corrected chi connectivity index (χ3v) is 5.12. The number of hydrogen-bond acceptors (Lipinski definition) is 5. The second-order valence-corrected chi connectivity index (χ2v) is 6.68. The van der Waals surface area contributed by atoms with Crippen LogP contribution in [0.1, 0.15) is 24.3 Å². The molecule has 2 N–H and O–H groups in total. The van der Waals surface area contributed by atoms with E-state index in [1.807, 2.05) is 0 Å². The fraction of sp³-hybridized carbons (Fsp3) is 0.500. The van der Waals surface area contributed by atoms with Gasteiger partial charge in [-0.2, -0.15) is 0 Å². The predicted molar refractivity (Wildman–Crippen MR) is 90.7 cm³/mol. The molecular formula is C14H20N4S2. The second kappa shape index (κ2) is 6.01. The second-order valence-electron chi connectivity index (χ2n) is 5.00. The van der Waals surface area contributed by atoms with Gasteiger partial charge in [0.25, 0.3) is 0 Å². The van der Waals surface area contributed by atoms with Crippen LogP contribution in [0.3, 0.4) is 0 Å². The monoisotopic (exact) mass is 308 g/mol. The highest BCUT2D eigenvalue weighted by atomic mass is 32.1. The van der Waals surface area contributed by atoms with Crippen molar-refractivity contribution in [3.8, 4) is 0 Å². The number of thiophene rings is 1. The summed E-state index contributed by atoms with van der Waals surface area (Å²) in [4.78, 5) is 14.0. The van der Waals surface area contributed by atoms with Crippen LogP contribution in [-0.4, -0.2) is 28.0 Å². The lowest BCUT2D eigenvalue weighted by Gasteiger charge is -2.25. The van der Waals surface area contributed by atoms with Crippen molar-refractivity contribution in [2.24, 2.45) is 11.7 Å². The van der Waals surface area contributed by atoms with Gasteiger partial charge in [-0.3, -0.25) is 0 Å². The van der Waals surface area contributed by atoms with Gasteiger partial charge < -0.3 is 10.6 Å². The Hall–Kier alpha value is -1.27. The molecule has 0 aromatic carbocycles. The maximum atomic E-state index is 5.74. The largest absolute Gasteiger partial charge is 0.393 e. The van der Waals surface area contributed by atoms with Crippen molar-refractivity contribution in [2.45, 2.75) is 27.7 Å². The number of nitrogens with zero attached hydrogens (tertiary/aromatic N) is 3. The van der Waals surface area contributed by atoms with Crippen LogP contribution in [0.2, 0.25) is 0 Å². The zero-order valence-electron chi connectivity index (χ0n) is 12.3. The molecule has 0 aliphatic rings. The van der Waals surface area contributed by atoms with Crippen LogP contribution in [0.5, 0.6) is 0 Å². The molecule has 0 saturated carbocycles. The van der Waals surface area contributed by atoms with Gasteiger partial charge in [0.2, 0.25) is 0 Å². The van der Waals surface area contributed by atoms with E-state index in [0.29, 0.717) is 4.99 Å². The predicted octanol–water partition coefficient (Wildman–Crippen LogP) is 3.06. The Labute approximate surface area is 129 Å². The number of hydrogen-bond donors (Lipinski definition) is 1. The summed E-state index contributed by atoms with van der Waals surface area (Å²) >= 11 is 6.80. The number of aromatic nitrogens is 2. The Bertz CT molecular complexity index is 635. The molecule has 2 rings (SSSR count). The van der Waals surface area contributed by atoms with Crippen molar-refractivity contribution in [1.82, 2.24) is 9.97 Å². The molecule has 1 unspecified atom stereocenters. The first-order valence-electron chi connectivity index (χ1n) is 6.70. The molecule has 6 heteroatoms. The van der Waals surface area contributed by atoms with Crippen LogP contribution in [0.25, 0.3) is 10.2 Å². The van der Waals surface area contributed by atoms with Crippen LogP contribution in [0, 0.1) is 19.8 Å². The minimum Gasteiger partial charge on any atom is -0.393 e. The lowest BCUT2D eigenvalue weighted by atomic mass is 10.1. The smallest absolute Gasteiger partial charge is 0.141 e. The van der Waals surface area contributed by atoms with Gasteiger partial charge in [0.15, 0.2) is 0 Å². The summed E-state index contributed by atoms with van der Waals surface area (Å²) in [5, 5.41) is 1.16. The highest BCUT2D eigenvalue weighted by molar-refractivity contribution is 7.80. The molecule has 0 aliphatic heterocycles. The summed E-state index contributed by atoms with van der Waals surface area (Å²) in [5.41, 5.74) is 7.00. The van der Waals surface area contributed by atoms with Gasteiger partial charge in [0.1, 0.15) is 17.0 Å². The molecule has 20 heavy (non-hydrogen) atoms. The lowest BCUT2D eigenvalue weighted by Crippen LogP contribution is -2.34. The van der Waals surface area contributed by atoms with Gasteiger partial charge in [-0.25, -0.2) is 9.97 Å². The molecule has 0 saturated heterocycles. The molecule has 0 fully saturated rings. The molecule has 0 amide bonds. The van der Waals surface area contributed by atoms with Crippen molar-refractivity contribution in [1.29, 1.82) is 0 Å². The van der Waals surface area contributed by atoms with E-state index in [0.717, 1.165) is 29.1 Å². The van der Waals surface area contributed by atoms with E-state index >= 15 is 0 Å². The van der Waals surface area contributed by atoms with Crippen LogP contribution in [-0.2, 0) is 0 Å². The van der Waals surface area contributed by atoms with Crippen LogP contribution in [0.15, 0.2) is 6.33 Å². The van der Waals surface area contributed by atoms with Gasteiger partial charge in [-0.05, 0) is 26.3 Å². The van der Waals surface area contributed by atoms with Gasteiger partial charge in [-0.1, -0.05) is 19.1 Å². The summed E-state index contributed by atoms with van der Waals surface area (Å²) < 4.78 is 0. The molecule has 0 aliphatic carbocycles. The molecule has 0 radical (unpaired) electrons. The molecule has 4 nitrogen and oxygen atoms in total. The highest BCUT2D eigenvalue weighted by Crippen LogP contribution is 2.34. The summed E-state index contributed by atoms with van der Waals surface area (Å²) in [6, 6.07) is 0. The van der Waals surface area contributed by atoms with E-state index in [1.165, 1.54) is 10.4 Å². The minimum atomic E-state index is 0.162. The molecule has 2 aromatic rings. The summed E-state index contributed by atoms with van der Waals surface area (Å²) in [5.74, 6) is 1.15. The van der Waals surface area contributed by atoms with Crippen molar-refractivity contribution in [3.63, 3.8) is 0 Å². The highest BCUT2D eigenvalue weighted by Gasteiger charge is 2.18. The van der Waals surface area contributed by atoms with Crippen molar-refractivity contribution in [2.75, 3.05) is 18.0 Å². The Morgan fingerprint density at radius 1 is 1.45 bits per heavy atom. The van der Waals surface area contributed by atoms with Crippen molar-refractivity contribution < 1.29 is 0 Å². The van der Waals surface area contributed by atoms with Gasteiger partial charge >= 0.3 is 0 Å². The molecule has 2 heterocycles. The van der Waals surface area contributed by atoms with E-state index in [4.69, 9.17) is 18.0 Å². The zero-order chi connectivity index (χ0) is 14.9. The zero-order valence-corrected chi connectivity index (χ0v) is 13.9. The van der Waals surface area contributed by atoms with Gasteiger partial charge in [0.05, 0.1) is 10.4 Å². The van der Waals surface area contributed by atoms with Crippen LogP contribution >= 0.6 is 23.6 Å². The standard InChI is InChI=1S/C14H20N4S2/c1-5-18(6-8(2)12(15)19)13-11-9(3)10(4)20-14(11)17-7-16-13/h7-8H,5-6H2,1-4H3,(H2,15,19). The molecule has 0 spiro atoms. The Morgan fingerprint density at radius 2 is 2.15 bits per heavy atom. The SMILES string of the molecule is CCN(CC(C)C(N)=S)c1ncnc2sc(C)c(C)c12. The molecule has 1 atom stereocenters. The number of rotatable bonds is 5. The maximum absolute atomic E-state index is 5.74. The Balaban J connectivity index is 2.46. The molecule has 2 aromatic heterocycles. The number of fused-ring (bicyclic) bond motifs is 1. The first kappa shape index (κ1) is 15.1. The fourth-order valence-corrected chi connectivity index (χ4v) is 3.26. The molecule has 108 valence electrons. The quantitative estimate of drug-likeness (QED) is 0.860. The average molecular weight is 308 g/mol. The number of thiocarbonyl (C=S) groups is 1. The third kappa shape index (κ3) is 2.76. The van der Waals surface area contributed by atoms with Crippen molar-refractivity contribution >= 4 is 44.6 Å². The number of nitrogens with two attached hydrogens (primary N) is 1. The van der Waals surface area contributed by atoms with E-state index in [9.17, 15) is 0 Å². The van der Waals surface area contributed by atoms with Crippen LogP contribution in [0.4, 0.5) is 5.82 Å². The van der Waals surface area contributed by atoms with E-state index in [1.54, 1.807) is 17.7 Å². The molecule has 0 bridgehead atoms. The summed E-state index contributed by atoms with van der Waals surface area (Å²) in [6.45, 7) is 10.1. The third-order valence-electron chi connectivity index (χ3n) is 3.61. The number of anilines is 1. The number of aryl methyl sites for hydroxylation is 2. The van der Waals surface area contributed by atoms with E-state index < -0.39 is 0 Å². The Morgan fingerprint density at radius 3 is 2.75 bits per heavy atom. The summed E-state index contributed by atoms with van der Waals surface area (Å²) in [6.07, 6.45) is 1.64. The minimum absolute atomic E-state index is 0.162. The lowest BCUT2D eigenvalue weighted by molar-refractivity contribution is 0.701. The first-order valence-corrected chi connectivity index (χ1v) is 7.93. The fourth-order valence-electron chi connectivity index (χ4n) is 2.19. The van der Waals surface area contributed by atoms with E-state index in [-0.39, 0.29) is 5.92 Å². The Kier molecular flexibility index (Phi) is 4.55. The summed E-state index contributed by atoms with van der Waals surface area (Å²) in [7, 11) is 0. The van der Waals surface area contributed by atoms with Crippen LogP contribution < -0.4 is 10.6 Å². The molecular weight excluding hydrogens is 288 g/mol. The maximum Gasteiger partial charge on any atom is 0.141 e. The van der Waals surface area contributed by atoms with Crippen molar-refractivity contribution in [3.05, 3.63) is 16.8 Å². The first-order chi connectivity index (χ1) is 9.45.